The summed E-state index contributed by atoms with van der Waals surface area (Å²) in [6.45, 7) is 0. The van der Waals surface area contributed by atoms with Crippen LogP contribution in [-0.4, -0.2) is 0 Å². The molecule has 0 aliphatic heterocycles. The molecule has 0 spiro atoms. The Morgan fingerprint density at radius 3 is 1.57 bits per heavy atom. The van der Waals surface area contributed by atoms with Crippen LogP contribution in [0.2, 0.25) is 0 Å². The quantitative estimate of drug-likeness (QED) is 0.671. The normalized spacial score (nSPS) is 9.71. The number of nitrogens with zero attached hydrogens (tertiary/aromatic N) is 2. The summed E-state index contributed by atoms with van der Waals surface area (Å²) in [5, 5.41) is 19.1. The average molecular weight is 406 g/mol. The van der Waals surface area contributed by atoms with Crippen LogP contribution in [0.15, 0.2) is 36.4 Å². The van der Waals surface area contributed by atoms with Crippen molar-refractivity contribution in [2.75, 3.05) is 0 Å². The van der Waals surface area contributed by atoms with Gasteiger partial charge in [-0.2, -0.15) is 10.5 Å². The summed E-state index contributed by atoms with van der Waals surface area (Å²) in [7, 11) is 0. The fourth-order valence-electron chi connectivity index (χ4n) is 1.82. The molecule has 0 aliphatic carbocycles. The summed E-state index contributed by atoms with van der Waals surface area (Å²) in [4.78, 5) is 0. The first-order valence-corrected chi connectivity index (χ1v) is 8.32. The van der Waals surface area contributed by atoms with Gasteiger partial charge in [-0.05, 0) is 36.4 Å². The molecular formula is C16H10Br2N2O. The maximum atomic E-state index is 8.94. The lowest BCUT2D eigenvalue weighted by atomic mass is 10.1. The van der Waals surface area contributed by atoms with Gasteiger partial charge in [-0.25, -0.2) is 0 Å². The maximum absolute atomic E-state index is 8.94. The maximum Gasteiger partial charge on any atom is 0.131 e. The molecule has 21 heavy (non-hydrogen) atoms. The molecule has 0 aliphatic rings. The number of rotatable bonds is 4. The molecule has 2 aromatic rings. The highest BCUT2D eigenvalue weighted by Crippen LogP contribution is 2.31. The molecule has 104 valence electrons. The van der Waals surface area contributed by atoms with E-state index >= 15 is 0 Å². The molecule has 5 heteroatoms. The third kappa shape index (κ3) is 3.64. The second kappa shape index (κ2) is 7.26. The van der Waals surface area contributed by atoms with Crippen molar-refractivity contribution in [3.63, 3.8) is 0 Å². The Morgan fingerprint density at radius 1 is 0.810 bits per heavy atom. The van der Waals surface area contributed by atoms with Crippen LogP contribution in [0, 0.1) is 22.7 Å². The summed E-state index contributed by atoms with van der Waals surface area (Å²) in [5.41, 5.74) is 2.99. The van der Waals surface area contributed by atoms with Crippen LogP contribution >= 0.6 is 31.9 Å². The number of nitriles is 2. The van der Waals surface area contributed by atoms with E-state index in [1.54, 1.807) is 36.4 Å². The van der Waals surface area contributed by atoms with Gasteiger partial charge in [0.1, 0.15) is 11.5 Å². The summed E-state index contributed by atoms with van der Waals surface area (Å²) >= 11 is 6.80. The molecule has 0 saturated heterocycles. The van der Waals surface area contributed by atoms with E-state index in [2.05, 4.69) is 44.0 Å². The fourth-order valence-corrected chi connectivity index (χ4v) is 2.70. The van der Waals surface area contributed by atoms with Crippen molar-refractivity contribution >= 4 is 31.9 Å². The van der Waals surface area contributed by atoms with E-state index in [9.17, 15) is 0 Å². The topological polar surface area (TPSA) is 56.8 Å². The van der Waals surface area contributed by atoms with Crippen LogP contribution in [0.3, 0.4) is 0 Å². The summed E-state index contributed by atoms with van der Waals surface area (Å²) in [6, 6.07) is 14.8. The Labute approximate surface area is 140 Å². The van der Waals surface area contributed by atoms with Crippen LogP contribution < -0.4 is 4.74 Å². The van der Waals surface area contributed by atoms with E-state index in [1.165, 1.54) is 0 Å². The first-order valence-electron chi connectivity index (χ1n) is 6.07. The molecule has 0 bridgehead atoms. The van der Waals surface area contributed by atoms with Crippen LogP contribution in [-0.2, 0) is 10.7 Å². The summed E-state index contributed by atoms with van der Waals surface area (Å²) in [5.74, 6) is 1.38. The highest BCUT2D eigenvalue weighted by molar-refractivity contribution is 9.08. The van der Waals surface area contributed by atoms with Crippen molar-refractivity contribution in [1.82, 2.24) is 0 Å². The van der Waals surface area contributed by atoms with Crippen LogP contribution in [0.25, 0.3) is 0 Å². The molecule has 0 saturated carbocycles. The highest BCUT2D eigenvalue weighted by Gasteiger charge is 2.09. The van der Waals surface area contributed by atoms with Crippen molar-refractivity contribution in [3.05, 3.63) is 58.7 Å². The van der Waals surface area contributed by atoms with Gasteiger partial charge in [0.05, 0.1) is 23.3 Å². The third-order valence-electron chi connectivity index (χ3n) is 2.89. The standard InChI is InChI=1S/C16H10Br2N2O/c17-7-13-5-11(9-19)1-3-15(13)21-16-4-2-12(10-20)6-14(16)8-18/h1-6H,7-8H2. The van der Waals surface area contributed by atoms with E-state index in [-0.39, 0.29) is 0 Å². The van der Waals surface area contributed by atoms with Gasteiger partial charge in [-0.15, -0.1) is 0 Å². The molecule has 0 radical (unpaired) electrons. The number of hydrogen-bond donors (Lipinski definition) is 0. The number of ether oxygens (including phenoxy) is 1. The van der Waals surface area contributed by atoms with E-state index in [0.717, 1.165) is 11.1 Å². The first-order chi connectivity index (χ1) is 10.2. The third-order valence-corrected chi connectivity index (χ3v) is 4.10. The van der Waals surface area contributed by atoms with Crippen molar-refractivity contribution in [2.24, 2.45) is 0 Å². The number of benzene rings is 2. The van der Waals surface area contributed by atoms with Crippen LogP contribution in [0.4, 0.5) is 0 Å². The van der Waals surface area contributed by atoms with Crippen molar-refractivity contribution < 1.29 is 4.74 Å². The molecular weight excluding hydrogens is 396 g/mol. The van der Waals surface area contributed by atoms with Gasteiger partial charge >= 0.3 is 0 Å². The van der Waals surface area contributed by atoms with Crippen LogP contribution in [0.5, 0.6) is 11.5 Å². The van der Waals surface area contributed by atoms with Gasteiger partial charge in [0.15, 0.2) is 0 Å². The molecule has 2 aromatic carbocycles. The average Bonchev–Trinajstić information content (AvgIpc) is 2.55. The van der Waals surface area contributed by atoms with Gasteiger partial charge in [-0.1, -0.05) is 31.9 Å². The van der Waals surface area contributed by atoms with Crippen molar-refractivity contribution in [1.29, 1.82) is 10.5 Å². The van der Waals surface area contributed by atoms with Gasteiger partial charge in [0.2, 0.25) is 0 Å². The number of hydrogen-bond acceptors (Lipinski definition) is 3. The minimum atomic E-state index is 0.595. The predicted octanol–water partition coefficient (Wildman–Crippen LogP) is 5.01. The minimum absolute atomic E-state index is 0.595. The molecule has 0 N–H and O–H groups in total. The second-order valence-corrected chi connectivity index (χ2v) is 5.36. The summed E-state index contributed by atoms with van der Waals surface area (Å²) < 4.78 is 5.94. The van der Waals surface area contributed by atoms with Crippen molar-refractivity contribution in [2.45, 2.75) is 10.7 Å². The fraction of sp³-hybridized carbons (Fsp3) is 0.125. The second-order valence-electron chi connectivity index (χ2n) is 4.24. The van der Waals surface area contributed by atoms with E-state index in [1.807, 2.05) is 0 Å². The Hall–Kier alpha value is -1.82. The lowest BCUT2D eigenvalue weighted by molar-refractivity contribution is 0.474. The summed E-state index contributed by atoms with van der Waals surface area (Å²) in [6.07, 6.45) is 0. The number of halogens is 2. The van der Waals surface area contributed by atoms with Gasteiger partial charge in [0, 0.05) is 21.8 Å². The van der Waals surface area contributed by atoms with E-state index in [4.69, 9.17) is 15.3 Å². The number of alkyl halides is 2. The molecule has 3 nitrogen and oxygen atoms in total. The van der Waals surface area contributed by atoms with E-state index in [0.29, 0.717) is 33.3 Å². The molecule has 0 fully saturated rings. The van der Waals surface area contributed by atoms with Crippen molar-refractivity contribution in [3.8, 4) is 23.6 Å². The lowest BCUT2D eigenvalue weighted by Gasteiger charge is -2.13. The Bertz CT molecular complexity index is 681. The molecule has 2 rings (SSSR count). The Balaban J connectivity index is 2.39. The Morgan fingerprint density at radius 2 is 1.24 bits per heavy atom. The Kier molecular flexibility index (Phi) is 5.38. The van der Waals surface area contributed by atoms with Gasteiger partial charge < -0.3 is 4.74 Å². The van der Waals surface area contributed by atoms with Gasteiger partial charge in [-0.3, -0.25) is 0 Å². The van der Waals surface area contributed by atoms with E-state index < -0.39 is 0 Å². The molecule has 0 heterocycles. The lowest BCUT2D eigenvalue weighted by Crippen LogP contribution is -1.94. The first kappa shape index (κ1) is 15.6. The minimum Gasteiger partial charge on any atom is -0.457 e. The molecule has 0 aromatic heterocycles. The zero-order chi connectivity index (χ0) is 15.2. The largest absolute Gasteiger partial charge is 0.457 e. The zero-order valence-electron chi connectivity index (χ0n) is 10.9. The smallest absolute Gasteiger partial charge is 0.131 e. The predicted molar refractivity (Wildman–Crippen MR) is 87.7 cm³/mol. The monoisotopic (exact) mass is 404 g/mol. The van der Waals surface area contributed by atoms with Crippen LogP contribution in [0.1, 0.15) is 22.3 Å². The molecule has 0 unspecified atom stereocenters. The SMILES string of the molecule is N#Cc1ccc(Oc2ccc(C#N)cc2CBr)c(CBr)c1. The zero-order valence-corrected chi connectivity index (χ0v) is 14.1. The highest BCUT2D eigenvalue weighted by atomic mass is 79.9. The molecule has 0 amide bonds. The molecule has 0 atom stereocenters. The van der Waals surface area contributed by atoms with Gasteiger partial charge in [0.25, 0.3) is 0 Å².